The molecule has 4 rings (SSSR count). The fraction of sp³-hybridized carbons (Fsp3) is 0.214. The number of carbonyl (C=O) groups is 2. The zero-order valence-electron chi connectivity index (χ0n) is 19.2. The van der Waals surface area contributed by atoms with Gasteiger partial charge in [-0.2, -0.15) is 0 Å². The fourth-order valence-electron chi connectivity index (χ4n) is 4.14. The molecule has 34 heavy (non-hydrogen) atoms. The molecule has 0 saturated heterocycles. The topological polar surface area (TPSA) is 49.9 Å². The minimum Gasteiger partial charge on any atom is -0.497 e. The maximum atomic E-state index is 13.8. The van der Waals surface area contributed by atoms with Gasteiger partial charge in [0.2, 0.25) is 5.91 Å². The highest BCUT2D eigenvalue weighted by atomic mass is 19.1. The number of nitrogens with zero attached hydrogens (tertiary/aromatic N) is 2. The van der Waals surface area contributed by atoms with Crippen LogP contribution in [-0.2, 0) is 11.3 Å². The van der Waals surface area contributed by atoms with Crippen molar-refractivity contribution in [2.75, 3.05) is 13.7 Å². The van der Waals surface area contributed by atoms with Crippen LogP contribution in [0.15, 0.2) is 91.0 Å². The zero-order valence-corrected chi connectivity index (χ0v) is 19.2. The van der Waals surface area contributed by atoms with Gasteiger partial charge in [0.1, 0.15) is 17.6 Å². The van der Waals surface area contributed by atoms with Gasteiger partial charge in [-0.05, 0) is 54.4 Å². The van der Waals surface area contributed by atoms with Crippen LogP contribution in [-0.4, -0.2) is 41.3 Å². The third kappa shape index (κ3) is 5.01. The van der Waals surface area contributed by atoms with E-state index in [-0.39, 0.29) is 30.2 Å². The normalized spacial score (nSPS) is 19.3. The molecule has 5 nitrogen and oxygen atoms in total. The van der Waals surface area contributed by atoms with Gasteiger partial charge < -0.3 is 14.5 Å². The number of carbonyl (C=O) groups excluding carboxylic acids is 2. The molecule has 1 heterocycles. The summed E-state index contributed by atoms with van der Waals surface area (Å²) in [6, 6.07) is 21.6. The van der Waals surface area contributed by atoms with E-state index in [4.69, 9.17) is 4.74 Å². The first-order valence-corrected chi connectivity index (χ1v) is 11.2. The van der Waals surface area contributed by atoms with Gasteiger partial charge in [-0.25, -0.2) is 4.39 Å². The Morgan fingerprint density at radius 2 is 1.68 bits per heavy atom. The number of methoxy groups -OCH3 is 1. The predicted molar refractivity (Wildman–Crippen MR) is 129 cm³/mol. The average molecular weight is 459 g/mol. The van der Waals surface area contributed by atoms with Crippen LogP contribution in [0.1, 0.15) is 34.5 Å². The molecule has 0 N–H and O–H groups in total. The molecule has 0 fully saturated rings. The molecule has 174 valence electrons. The smallest absolute Gasteiger partial charge is 0.254 e. The molecule has 3 aromatic rings. The molecule has 6 heteroatoms. The molecule has 0 radical (unpaired) electrons. The van der Waals surface area contributed by atoms with Gasteiger partial charge >= 0.3 is 0 Å². The van der Waals surface area contributed by atoms with E-state index in [9.17, 15) is 14.0 Å². The number of hydrogen-bond acceptors (Lipinski definition) is 3. The first kappa shape index (κ1) is 23.2. The van der Waals surface area contributed by atoms with Crippen LogP contribution in [0.3, 0.4) is 0 Å². The van der Waals surface area contributed by atoms with Gasteiger partial charge in [-0.15, -0.1) is 0 Å². The molecule has 2 amide bonds. The first-order chi connectivity index (χ1) is 16.5. The van der Waals surface area contributed by atoms with Gasteiger partial charge in [0.15, 0.2) is 0 Å². The summed E-state index contributed by atoms with van der Waals surface area (Å²) in [6.45, 7) is 2.35. The lowest BCUT2D eigenvalue weighted by atomic mass is 10.00. The van der Waals surface area contributed by atoms with Crippen LogP contribution >= 0.6 is 0 Å². The van der Waals surface area contributed by atoms with Gasteiger partial charge in [-0.3, -0.25) is 9.59 Å². The molecule has 1 aliphatic rings. The summed E-state index contributed by atoms with van der Waals surface area (Å²) in [4.78, 5) is 30.3. The number of hydrogen-bond donors (Lipinski definition) is 0. The summed E-state index contributed by atoms with van der Waals surface area (Å²) in [5.74, 6) is 0.0137. The van der Waals surface area contributed by atoms with Crippen molar-refractivity contribution in [3.8, 4) is 5.75 Å². The average Bonchev–Trinajstić information content (AvgIpc) is 2.88. The Bertz CT molecular complexity index is 1160. The van der Waals surface area contributed by atoms with Crippen molar-refractivity contribution in [3.05, 3.63) is 114 Å². The number of halogens is 1. The van der Waals surface area contributed by atoms with Crippen LogP contribution in [0.4, 0.5) is 4.39 Å². The Hall–Kier alpha value is -3.93. The summed E-state index contributed by atoms with van der Waals surface area (Å²) >= 11 is 0. The zero-order chi connectivity index (χ0) is 24.1. The molecule has 2 atom stereocenters. The second-order valence-electron chi connectivity index (χ2n) is 8.24. The number of amides is 2. The van der Waals surface area contributed by atoms with Crippen molar-refractivity contribution in [2.45, 2.75) is 25.6 Å². The minimum absolute atomic E-state index is 0.182. The van der Waals surface area contributed by atoms with Gasteiger partial charge in [0, 0.05) is 18.7 Å². The second-order valence-corrected chi connectivity index (χ2v) is 8.24. The highest BCUT2D eigenvalue weighted by molar-refractivity contribution is 5.97. The Kier molecular flexibility index (Phi) is 7.07. The molecule has 0 aliphatic carbocycles. The van der Waals surface area contributed by atoms with Crippen molar-refractivity contribution in [3.63, 3.8) is 0 Å². The van der Waals surface area contributed by atoms with Crippen molar-refractivity contribution in [2.24, 2.45) is 0 Å². The molecule has 0 saturated carbocycles. The summed E-state index contributed by atoms with van der Waals surface area (Å²) in [6.07, 6.45) is 3.87. The third-order valence-electron chi connectivity index (χ3n) is 6.07. The molecule has 0 spiro atoms. The van der Waals surface area contributed by atoms with E-state index in [0.717, 1.165) is 16.9 Å². The maximum Gasteiger partial charge on any atom is 0.254 e. The van der Waals surface area contributed by atoms with Gasteiger partial charge in [0.25, 0.3) is 5.91 Å². The van der Waals surface area contributed by atoms with E-state index >= 15 is 0 Å². The first-order valence-electron chi connectivity index (χ1n) is 11.2. The summed E-state index contributed by atoms with van der Waals surface area (Å²) < 4.78 is 18.8. The van der Waals surface area contributed by atoms with Crippen molar-refractivity contribution < 1.29 is 18.7 Å². The molecular formula is C28H27FN2O3. The van der Waals surface area contributed by atoms with Crippen LogP contribution < -0.4 is 4.74 Å². The van der Waals surface area contributed by atoms with Crippen molar-refractivity contribution >= 4 is 11.8 Å². The highest BCUT2D eigenvalue weighted by Crippen LogP contribution is 2.29. The number of ether oxygens (including phenoxy) is 1. The lowest BCUT2D eigenvalue weighted by Crippen LogP contribution is -2.51. The van der Waals surface area contributed by atoms with E-state index in [0.29, 0.717) is 12.1 Å². The summed E-state index contributed by atoms with van der Waals surface area (Å²) in [5.41, 5.74) is 2.26. The van der Waals surface area contributed by atoms with E-state index in [2.05, 4.69) is 0 Å². The Labute approximate surface area is 199 Å². The van der Waals surface area contributed by atoms with Gasteiger partial charge in [0.05, 0.1) is 13.2 Å². The Balaban J connectivity index is 1.71. The van der Waals surface area contributed by atoms with Crippen molar-refractivity contribution in [1.82, 2.24) is 9.80 Å². The fourth-order valence-corrected chi connectivity index (χ4v) is 4.14. The van der Waals surface area contributed by atoms with E-state index < -0.39 is 6.04 Å². The van der Waals surface area contributed by atoms with Crippen LogP contribution in [0, 0.1) is 5.82 Å². The largest absolute Gasteiger partial charge is 0.497 e. The predicted octanol–water partition coefficient (Wildman–Crippen LogP) is 5.00. The Morgan fingerprint density at radius 1 is 1.00 bits per heavy atom. The molecule has 3 aromatic carbocycles. The molecule has 0 bridgehead atoms. The molecule has 0 aromatic heterocycles. The minimum atomic E-state index is -0.682. The monoisotopic (exact) mass is 458 g/mol. The molecule has 1 aliphatic heterocycles. The summed E-state index contributed by atoms with van der Waals surface area (Å²) in [5, 5.41) is 0. The maximum absolute atomic E-state index is 13.8. The van der Waals surface area contributed by atoms with Crippen molar-refractivity contribution in [1.29, 1.82) is 0 Å². The lowest BCUT2D eigenvalue weighted by molar-refractivity contribution is -0.138. The lowest BCUT2D eigenvalue weighted by Gasteiger charge is -2.38. The van der Waals surface area contributed by atoms with E-state index in [1.54, 1.807) is 60.2 Å². The Morgan fingerprint density at radius 3 is 2.32 bits per heavy atom. The SMILES string of the molecule is COc1ccc(C2/C=C\CN(C(=O)c3ccccc3)[C@@H](C)C(=O)N2Cc2ccc(F)cc2)cc1. The molecular weight excluding hydrogens is 431 g/mol. The van der Waals surface area contributed by atoms with Gasteiger partial charge in [-0.1, -0.05) is 54.6 Å². The molecule has 1 unspecified atom stereocenters. The summed E-state index contributed by atoms with van der Waals surface area (Å²) in [7, 11) is 1.61. The van der Waals surface area contributed by atoms with Crippen LogP contribution in [0.2, 0.25) is 0 Å². The third-order valence-corrected chi connectivity index (χ3v) is 6.07. The highest BCUT2D eigenvalue weighted by Gasteiger charge is 2.34. The standard InChI is InChI=1S/C28H27FN2O3/c1-20-27(32)31(19-21-10-14-24(29)15-11-21)26(22-12-16-25(34-2)17-13-22)9-6-18-30(20)28(33)23-7-4-3-5-8-23/h3-17,20,26H,18-19H2,1-2H3/b9-6-/t20-,26?/m0/s1. The van der Waals surface area contributed by atoms with Crippen LogP contribution in [0.25, 0.3) is 0 Å². The van der Waals surface area contributed by atoms with E-state index in [1.165, 1.54) is 12.1 Å². The van der Waals surface area contributed by atoms with E-state index in [1.807, 2.05) is 42.5 Å². The second kappa shape index (κ2) is 10.3. The quantitative estimate of drug-likeness (QED) is 0.506. The number of benzene rings is 3. The van der Waals surface area contributed by atoms with Crippen LogP contribution in [0.5, 0.6) is 5.75 Å². The number of rotatable bonds is 5.